The van der Waals surface area contributed by atoms with Crippen LogP contribution in [0.15, 0.2) is 0 Å². The molecule has 0 aromatic heterocycles. The minimum absolute atomic E-state index is 0.00292. The summed E-state index contributed by atoms with van der Waals surface area (Å²) in [4.78, 5) is 24.5. The fourth-order valence-corrected chi connectivity index (χ4v) is 0.485. The van der Waals surface area contributed by atoms with Gasteiger partial charge in [-0.2, -0.15) is 5.90 Å². The van der Waals surface area contributed by atoms with Gasteiger partial charge >= 0.3 is 12.1 Å². The van der Waals surface area contributed by atoms with E-state index in [0.717, 1.165) is 0 Å². The average molecular weight is 177 g/mol. The monoisotopic (exact) mass is 177 g/mol. The van der Waals surface area contributed by atoms with E-state index in [1.807, 2.05) is 0 Å². The van der Waals surface area contributed by atoms with Gasteiger partial charge in [-0.25, -0.2) is 4.79 Å². The van der Waals surface area contributed by atoms with Crippen molar-refractivity contribution >= 4 is 12.1 Å². The molecule has 0 aromatic carbocycles. The van der Waals surface area contributed by atoms with Crippen LogP contribution < -0.4 is 5.90 Å². The van der Waals surface area contributed by atoms with Crippen LogP contribution in [-0.2, 0) is 19.1 Å². The summed E-state index contributed by atoms with van der Waals surface area (Å²) >= 11 is 0. The zero-order valence-corrected chi connectivity index (χ0v) is 6.74. The SMILES string of the molecule is CCOC(=O)CCOC(=O)ON. The third-order valence-electron chi connectivity index (χ3n) is 0.928. The van der Waals surface area contributed by atoms with Gasteiger partial charge in [-0.05, 0) is 6.92 Å². The number of nitrogens with two attached hydrogens (primary N) is 1. The molecule has 0 saturated carbocycles. The van der Waals surface area contributed by atoms with Crippen LogP contribution in [0.1, 0.15) is 13.3 Å². The Hall–Kier alpha value is -1.30. The van der Waals surface area contributed by atoms with Crippen LogP contribution in [-0.4, -0.2) is 25.3 Å². The largest absolute Gasteiger partial charge is 0.527 e. The summed E-state index contributed by atoms with van der Waals surface area (Å²) in [6.07, 6.45) is -1.01. The first-order valence-corrected chi connectivity index (χ1v) is 3.39. The lowest BCUT2D eigenvalue weighted by Crippen LogP contribution is -2.15. The van der Waals surface area contributed by atoms with Gasteiger partial charge in [0.1, 0.15) is 6.61 Å². The van der Waals surface area contributed by atoms with E-state index in [1.165, 1.54) is 0 Å². The van der Waals surface area contributed by atoms with Crippen LogP contribution in [0.25, 0.3) is 0 Å². The lowest BCUT2D eigenvalue weighted by Gasteiger charge is -2.01. The maximum absolute atomic E-state index is 10.6. The predicted molar refractivity (Wildman–Crippen MR) is 37.9 cm³/mol. The molecule has 0 amide bonds. The summed E-state index contributed by atoms with van der Waals surface area (Å²) in [5, 5.41) is 0. The van der Waals surface area contributed by atoms with Gasteiger partial charge in [0.2, 0.25) is 0 Å². The summed E-state index contributed by atoms with van der Waals surface area (Å²) in [6, 6.07) is 0. The first-order chi connectivity index (χ1) is 5.70. The van der Waals surface area contributed by atoms with Crippen molar-refractivity contribution in [1.29, 1.82) is 0 Å². The maximum Gasteiger partial charge on any atom is 0.527 e. The minimum atomic E-state index is -1.01. The third kappa shape index (κ3) is 5.48. The minimum Gasteiger partial charge on any atom is -0.466 e. The highest BCUT2D eigenvalue weighted by Crippen LogP contribution is 1.89. The van der Waals surface area contributed by atoms with E-state index in [4.69, 9.17) is 0 Å². The van der Waals surface area contributed by atoms with Gasteiger partial charge in [-0.15, -0.1) is 0 Å². The number of hydrogen-bond donors (Lipinski definition) is 1. The number of rotatable bonds is 4. The van der Waals surface area contributed by atoms with Gasteiger partial charge in [0.15, 0.2) is 0 Å². The zero-order valence-electron chi connectivity index (χ0n) is 6.74. The Bertz CT molecular complexity index is 158. The molecule has 0 saturated heterocycles. The molecule has 0 aliphatic heterocycles. The van der Waals surface area contributed by atoms with Gasteiger partial charge in [0, 0.05) is 0 Å². The van der Waals surface area contributed by atoms with Gasteiger partial charge < -0.3 is 14.3 Å². The Morgan fingerprint density at radius 1 is 1.33 bits per heavy atom. The number of esters is 1. The van der Waals surface area contributed by atoms with Crippen LogP contribution >= 0.6 is 0 Å². The van der Waals surface area contributed by atoms with Gasteiger partial charge in [-0.3, -0.25) is 4.79 Å². The van der Waals surface area contributed by atoms with Crippen molar-refractivity contribution in [3.8, 4) is 0 Å². The molecule has 2 N–H and O–H groups in total. The Morgan fingerprint density at radius 2 is 2.00 bits per heavy atom. The molecule has 0 atom stereocenters. The molecule has 0 fully saturated rings. The highest BCUT2D eigenvalue weighted by molar-refractivity contribution is 5.69. The average Bonchev–Trinajstić information content (AvgIpc) is 2.04. The zero-order chi connectivity index (χ0) is 9.40. The lowest BCUT2D eigenvalue weighted by molar-refractivity contribution is -0.143. The van der Waals surface area contributed by atoms with Gasteiger partial charge in [-0.1, -0.05) is 0 Å². The molecule has 0 radical (unpaired) electrons. The number of carbonyl (C=O) groups is 2. The van der Waals surface area contributed by atoms with E-state index in [1.54, 1.807) is 6.92 Å². The van der Waals surface area contributed by atoms with E-state index in [9.17, 15) is 9.59 Å². The molecule has 12 heavy (non-hydrogen) atoms. The first kappa shape index (κ1) is 10.7. The topological polar surface area (TPSA) is 87.8 Å². The molecule has 70 valence electrons. The second-order valence-electron chi connectivity index (χ2n) is 1.77. The van der Waals surface area contributed by atoms with Crippen LogP contribution in [0.2, 0.25) is 0 Å². The predicted octanol–water partition coefficient (Wildman–Crippen LogP) is -0.0335. The maximum atomic E-state index is 10.6. The summed E-state index contributed by atoms with van der Waals surface area (Å²) < 4.78 is 8.88. The second kappa shape index (κ2) is 6.41. The molecule has 0 aliphatic carbocycles. The standard InChI is InChI=1S/C6H11NO5/c1-2-10-5(8)3-4-11-6(9)12-7/h2-4,7H2,1H3. The van der Waals surface area contributed by atoms with Crippen molar-refractivity contribution in [3.05, 3.63) is 0 Å². The van der Waals surface area contributed by atoms with Crippen LogP contribution in [0, 0.1) is 0 Å². The molecule has 0 spiro atoms. The van der Waals surface area contributed by atoms with Crippen LogP contribution in [0.5, 0.6) is 0 Å². The van der Waals surface area contributed by atoms with Crippen molar-refractivity contribution in [2.75, 3.05) is 13.2 Å². The fourth-order valence-electron chi connectivity index (χ4n) is 0.485. The van der Waals surface area contributed by atoms with Crippen molar-refractivity contribution in [2.24, 2.45) is 5.90 Å². The Balaban J connectivity index is 3.30. The highest BCUT2D eigenvalue weighted by atomic mass is 16.8. The molecule has 0 rings (SSSR count). The van der Waals surface area contributed by atoms with E-state index in [2.05, 4.69) is 20.2 Å². The summed E-state index contributed by atoms with van der Waals surface area (Å²) in [6.45, 7) is 1.90. The van der Waals surface area contributed by atoms with E-state index in [0.29, 0.717) is 6.61 Å². The molecular weight excluding hydrogens is 166 g/mol. The first-order valence-electron chi connectivity index (χ1n) is 3.39. The number of hydrogen-bond acceptors (Lipinski definition) is 6. The van der Waals surface area contributed by atoms with Crippen molar-refractivity contribution in [1.82, 2.24) is 0 Å². The van der Waals surface area contributed by atoms with Crippen molar-refractivity contribution in [2.45, 2.75) is 13.3 Å². The summed E-state index contributed by atoms with van der Waals surface area (Å²) in [5.41, 5.74) is 0. The molecule has 0 aromatic rings. The number of ether oxygens (including phenoxy) is 2. The van der Waals surface area contributed by atoms with Crippen molar-refractivity contribution < 1.29 is 23.9 Å². The van der Waals surface area contributed by atoms with Crippen LogP contribution in [0.4, 0.5) is 4.79 Å². The molecule has 6 nitrogen and oxygen atoms in total. The fraction of sp³-hybridized carbons (Fsp3) is 0.667. The Labute approximate surface area is 69.5 Å². The smallest absolute Gasteiger partial charge is 0.466 e. The van der Waals surface area contributed by atoms with Gasteiger partial charge in [0.25, 0.3) is 0 Å². The van der Waals surface area contributed by atoms with Crippen molar-refractivity contribution in [3.63, 3.8) is 0 Å². The Morgan fingerprint density at radius 3 is 2.50 bits per heavy atom. The van der Waals surface area contributed by atoms with E-state index >= 15 is 0 Å². The second-order valence-corrected chi connectivity index (χ2v) is 1.77. The quantitative estimate of drug-likeness (QED) is 0.479. The normalized spacial score (nSPS) is 8.83. The van der Waals surface area contributed by atoms with E-state index < -0.39 is 12.1 Å². The molecule has 6 heteroatoms. The number of carbonyl (C=O) groups excluding carboxylic acids is 2. The molecular formula is C6H11NO5. The molecule has 0 aliphatic rings. The summed E-state index contributed by atoms with van der Waals surface area (Å²) in [7, 11) is 0. The summed E-state index contributed by atoms with van der Waals surface area (Å²) in [5.74, 6) is 4.03. The molecule has 0 unspecified atom stereocenters. The Kier molecular flexibility index (Phi) is 5.72. The lowest BCUT2D eigenvalue weighted by atomic mass is 10.5. The molecule has 0 bridgehead atoms. The molecule has 0 heterocycles. The highest BCUT2D eigenvalue weighted by Gasteiger charge is 2.05. The third-order valence-corrected chi connectivity index (χ3v) is 0.928. The van der Waals surface area contributed by atoms with E-state index in [-0.39, 0.29) is 13.0 Å². The van der Waals surface area contributed by atoms with Gasteiger partial charge in [0.05, 0.1) is 13.0 Å². The van der Waals surface area contributed by atoms with Crippen LogP contribution in [0.3, 0.4) is 0 Å².